The van der Waals surface area contributed by atoms with Crippen molar-refractivity contribution < 1.29 is 0 Å². The van der Waals surface area contributed by atoms with Gasteiger partial charge in [-0.3, -0.25) is 0 Å². The summed E-state index contributed by atoms with van der Waals surface area (Å²) in [5.74, 6) is 0. The van der Waals surface area contributed by atoms with Gasteiger partial charge in [0.05, 0.1) is 0 Å². The van der Waals surface area contributed by atoms with E-state index in [2.05, 4.69) is 66.0 Å². The number of nitrogens with one attached hydrogen (secondary N) is 1. The molecule has 0 aromatic heterocycles. The molecule has 0 saturated heterocycles. The minimum atomic E-state index is 0.517. The molecule has 0 fully saturated rings. The monoisotopic (exact) mass is 303 g/mol. The molecule has 78 valence electrons. The SMILES string of the molecule is CCCNC(CC)c1ccccc1I. The van der Waals surface area contributed by atoms with E-state index in [0.717, 1.165) is 13.0 Å². The fraction of sp³-hybridized carbons (Fsp3) is 0.500. The summed E-state index contributed by atoms with van der Waals surface area (Å²) in [5.41, 5.74) is 1.43. The second-order valence-corrected chi connectivity index (χ2v) is 4.60. The van der Waals surface area contributed by atoms with E-state index in [1.807, 2.05) is 0 Å². The Balaban J connectivity index is 2.73. The summed E-state index contributed by atoms with van der Waals surface area (Å²) in [7, 11) is 0. The fourth-order valence-corrected chi connectivity index (χ4v) is 2.31. The van der Waals surface area contributed by atoms with Gasteiger partial charge in [-0.05, 0) is 53.6 Å². The Morgan fingerprint density at radius 3 is 2.57 bits per heavy atom. The van der Waals surface area contributed by atoms with Crippen molar-refractivity contribution in [2.75, 3.05) is 6.54 Å². The van der Waals surface area contributed by atoms with Crippen molar-refractivity contribution in [3.8, 4) is 0 Å². The van der Waals surface area contributed by atoms with Crippen molar-refractivity contribution >= 4 is 22.6 Å². The largest absolute Gasteiger partial charge is 0.310 e. The Kier molecular flexibility index (Phi) is 5.48. The average molecular weight is 303 g/mol. The molecule has 1 aromatic carbocycles. The summed E-state index contributed by atoms with van der Waals surface area (Å²) >= 11 is 2.41. The first-order valence-corrected chi connectivity index (χ1v) is 6.35. The third kappa shape index (κ3) is 3.24. The van der Waals surface area contributed by atoms with Crippen LogP contribution >= 0.6 is 22.6 Å². The fourth-order valence-electron chi connectivity index (χ4n) is 1.55. The second kappa shape index (κ2) is 6.40. The van der Waals surface area contributed by atoms with Crippen LogP contribution in [-0.2, 0) is 0 Å². The molecule has 0 amide bonds. The predicted octanol–water partition coefficient (Wildman–Crippen LogP) is 3.74. The summed E-state index contributed by atoms with van der Waals surface area (Å²) in [6.07, 6.45) is 2.35. The molecule has 0 heterocycles. The van der Waals surface area contributed by atoms with Gasteiger partial charge in [0, 0.05) is 9.61 Å². The highest BCUT2D eigenvalue weighted by Crippen LogP contribution is 2.21. The van der Waals surface area contributed by atoms with E-state index in [4.69, 9.17) is 0 Å². The van der Waals surface area contributed by atoms with Crippen LogP contribution in [0.15, 0.2) is 24.3 Å². The lowest BCUT2D eigenvalue weighted by atomic mass is 10.0. The maximum atomic E-state index is 3.57. The summed E-state index contributed by atoms with van der Waals surface area (Å²) in [6.45, 7) is 5.54. The standard InChI is InChI=1S/C12H18IN/c1-3-9-14-12(4-2)10-7-5-6-8-11(10)13/h5-8,12,14H,3-4,9H2,1-2H3. The molecule has 0 spiro atoms. The van der Waals surface area contributed by atoms with E-state index in [1.165, 1.54) is 15.6 Å². The first kappa shape index (κ1) is 12.0. The molecule has 0 saturated carbocycles. The topological polar surface area (TPSA) is 12.0 Å². The van der Waals surface area contributed by atoms with E-state index < -0.39 is 0 Å². The second-order valence-electron chi connectivity index (χ2n) is 3.44. The van der Waals surface area contributed by atoms with E-state index in [1.54, 1.807) is 0 Å². The summed E-state index contributed by atoms with van der Waals surface area (Å²) in [6, 6.07) is 9.12. The highest BCUT2D eigenvalue weighted by atomic mass is 127. The molecule has 1 unspecified atom stereocenters. The number of hydrogen-bond donors (Lipinski definition) is 1. The molecular formula is C12H18IN. The molecule has 0 bridgehead atoms. The lowest BCUT2D eigenvalue weighted by Crippen LogP contribution is -2.22. The van der Waals surface area contributed by atoms with Gasteiger partial charge in [0.2, 0.25) is 0 Å². The number of halogens is 1. The van der Waals surface area contributed by atoms with Crippen LogP contribution in [0.2, 0.25) is 0 Å². The number of rotatable bonds is 5. The van der Waals surface area contributed by atoms with Crippen LogP contribution in [0.25, 0.3) is 0 Å². The van der Waals surface area contributed by atoms with Crippen LogP contribution in [0.1, 0.15) is 38.3 Å². The average Bonchev–Trinajstić information content (AvgIpc) is 2.21. The van der Waals surface area contributed by atoms with Gasteiger partial charge in [-0.1, -0.05) is 32.0 Å². The zero-order valence-electron chi connectivity index (χ0n) is 8.89. The van der Waals surface area contributed by atoms with Crippen molar-refractivity contribution in [3.05, 3.63) is 33.4 Å². The maximum absolute atomic E-state index is 3.57. The molecule has 1 atom stereocenters. The zero-order chi connectivity index (χ0) is 10.4. The Labute approximate surface area is 100 Å². The van der Waals surface area contributed by atoms with Gasteiger partial charge in [0.1, 0.15) is 0 Å². The maximum Gasteiger partial charge on any atom is 0.0328 e. The van der Waals surface area contributed by atoms with Crippen LogP contribution in [0.3, 0.4) is 0 Å². The van der Waals surface area contributed by atoms with Crippen LogP contribution in [-0.4, -0.2) is 6.54 Å². The van der Waals surface area contributed by atoms with Crippen molar-refractivity contribution in [1.29, 1.82) is 0 Å². The number of benzene rings is 1. The van der Waals surface area contributed by atoms with E-state index in [-0.39, 0.29) is 0 Å². The highest BCUT2D eigenvalue weighted by Gasteiger charge is 2.10. The van der Waals surface area contributed by atoms with Crippen molar-refractivity contribution in [2.24, 2.45) is 0 Å². The first-order chi connectivity index (χ1) is 6.79. The van der Waals surface area contributed by atoms with Gasteiger partial charge < -0.3 is 5.32 Å². The Morgan fingerprint density at radius 2 is 2.00 bits per heavy atom. The molecule has 0 aliphatic heterocycles. The van der Waals surface area contributed by atoms with Crippen LogP contribution in [0.5, 0.6) is 0 Å². The lowest BCUT2D eigenvalue weighted by Gasteiger charge is -2.18. The van der Waals surface area contributed by atoms with Gasteiger partial charge in [-0.15, -0.1) is 0 Å². The van der Waals surface area contributed by atoms with E-state index in [9.17, 15) is 0 Å². The molecule has 1 nitrogen and oxygen atoms in total. The summed E-state index contributed by atoms with van der Waals surface area (Å²) in [5, 5.41) is 3.57. The molecule has 0 aliphatic carbocycles. The molecule has 0 aliphatic rings. The highest BCUT2D eigenvalue weighted by molar-refractivity contribution is 14.1. The lowest BCUT2D eigenvalue weighted by molar-refractivity contribution is 0.516. The Morgan fingerprint density at radius 1 is 1.29 bits per heavy atom. The van der Waals surface area contributed by atoms with Gasteiger partial charge in [0.15, 0.2) is 0 Å². The quantitative estimate of drug-likeness (QED) is 0.817. The zero-order valence-corrected chi connectivity index (χ0v) is 11.0. The third-order valence-electron chi connectivity index (χ3n) is 2.33. The van der Waals surface area contributed by atoms with Gasteiger partial charge >= 0.3 is 0 Å². The van der Waals surface area contributed by atoms with E-state index >= 15 is 0 Å². The van der Waals surface area contributed by atoms with Gasteiger partial charge in [-0.25, -0.2) is 0 Å². The third-order valence-corrected chi connectivity index (χ3v) is 3.31. The van der Waals surface area contributed by atoms with Crippen LogP contribution < -0.4 is 5.32 Å². The Bertz CT molecular complexity index is 273. The van der Waals surface area contributed by atoms with Crippen molar-refractivity contribution in [3.63, 3.8) is 0 Å². The smallest absolute Gasteiger partial charge is 0.0328 e. The molecule has 0 radical (unpaired) electrons. The van der Waals surface area contributed by atoms with Crippen LogP contribution in [0.4, 0.5) is 0 Å². The van der Waals surface area contributed by atoms with Gasteiger partial charge in [-0.2, -0.15) is 0 Å². The minimum absolute atomic E-state index is 0.517. The minimum Gasteiger partial charge on any atom is -0.310 e. The molecule has 14 heavy (non-hydrogen) atoms. The molecule has 2 heteroatoms. The van der Waals surface area contributed by atoms with Crippen molar-refractivity contribution in [1.82, 2.24) is 5.32 Å². The molecular weight excluding hydrogens is 285 g/mol. The molecule has 1 aromatic rings. The normalized spacial score (nSPS) is 12.8. The van der Waals surface area contributed by atoms with E-state index in [0.29, 0.717) is 6.04 Å². The van der Waals surface area contributed by atoms with Crippen molar-refractivity contribution in [2.45, 2.75) is 32.7 Å². The predicted molar refractivity (Wildman–Crippen MR) is 70.5 cm³/mol. The summed E-state index contributed by atoms with van der Waals surface area (Å²) < 4.78 is 1.36. The molecule has 1 N–H and O–H groups in total. The summed E-state index contributed by atoms with van der Waals surface area (Å²) in [4.78, 5) is 0. The Hall–Kier alpha value is -0.0900. The first-order valence-electron chi connectivity index (χ1n) is 5.27. The molecule has 1 rings (SSSR count). The number of hydrogen-bond acceptors (Lipinski definition) is 1. The van der Waals surface area contributed by atoms with Gasteiger partial charge in [0.25, 0.3) is 0 Å². The van der Waals surface area contributed by atoms with Crippen LogP contribution in [0, 0.1) is 3.57 Å².